The van der Waals surface area contributed by atoms with Gasteiger partial charge in [-0.05, 0) is 63.9 Å². The van der Waals surface area contributed by atoms with Gasteiger partial charge in [0.15, 0.2) is 0 Å². The van der Waals surface area contributed by atoms with E-state index in [2.05, 4.69) is 46.7 Å². The highest BCUT2D eigenvalue weighted by molar-refractivity contribution is 5.77. The number of fused-ring (bicyclic) bond motifs is 1. The van der Waals surface area contributed by atoms with E-state index in [-0.39, 0.29) is 5.97 Å². The molecular formula is C25H31N3O2. The number of nitrogens with zero attached hydrogens (tertiary/aromatic N) is 3. The van der Waals surface area contributed by atoms with Crippen LogP contribution in [0, 0.1) is 5.41 Å². The van der Waals surface area contributed by atoms with Gasteiger partial charge < -0.3 is 9.30 Å². The Labute approximate surface area is 178 Å². The molecule has 0 spiro atoms. The Morgan fingerprint density at radius 1 is 1.03 bits per heavy atom. The van der Waals surface area contributed by atoms with Crippen molar-refractivity contribution < 1.29 is 9.53 Å². The van der Waals surface area contributed by atoms with E-state index >= 15 is 0 Å². The number of ether oxygens (including phenoxy) is 1. The van der Waals surface area contributed by atoms with Crippen LogP contribution in [0.4, 0.5) is 0 Å². The van der Waals surface area contributed by atoms with Crippen LogP contribution in [-0.4, -0.2) is 40.1 Å². The summed E-state index contributed by atoms with van der Waals surface area (Å²) in [5.41, 5.74) is 3.01. The Morgan fingerprint density at radius 2 is 1.73 bits per heavy atom. The average molecular weight is 406 g/mol. The van der Waals surface area contributed by atoms with E-state index in [4.69, 9.17) is 9.72 Å². The van der Waals surface area contributed by atoms with Gasteiger partial charge in [0.1, 0.15) is 5.82 Å². The first kappa shape index (κ1) is 20.6. The number of esters is 1. The second-order valence-electron chi connectivity index (χ2n) is 8.20. The zero-order chi connectivity index (χ0) is 21.0. The van der Waals surface area contributed by atoms with Crippen molar-refractivity contribution in [2.75, 3.05) is 19.7 Å². The largest absolute Gasteiger partial charge is 0.466 e. The number of hydrogen-bond donors (Lipinski definition) is 0. The van der Waals surface area contributed by atoms with Gasteiger partial charge in [0.2, 0.25) is 0 Å². The molecule has 0 bridgehead atoms. The molecule has 0 unspecified atom stereocenters. The third-order valence-corrected chi connectivity index (χ3v) is 6.32. The number of hydrogen-bond acceptors (Lipinski definition) is 4. The molecule has 3 aromatic rings. The summed E-state index contributed by atoms with van der Waals surface area (Å²) in [6, 6.07) is 18.6. The minimum absolute atomic E-state index is 0.0469. The molecule has 1 aliphatic heterocycles. The zero-order valence-corrected chi connectivity index (χ0v) is 18.0. The molecule has 0 radical (unpaired) electrons. The molecular weight excluding hydrogens is 374 g/mol. The van der Waals surface area contributed by atoms with Crippen molar-refractivity contribution in [3.63, 3.8) is 0 Å². The Hall–Kier alpha value is -2.66. The number of imidazole rings is 1. The van der Waals surface area contributed by atoms with Crippen LogP contribution >= 0.6 is 0 Å². The van der Waals surface area contributed by atoms with Crippen LogP contribution < -0.4 is 0 Å². The molecule has 1 fully saturated rings. The number of para-hydroxylation sites is 2. The van der Waals surface area contributed by atoms with Crippen molar-refractivity contribution in [1.82, 2.24) is 14.5 Å². The molecule has 0 amide bonds. The molecule has 158 valence electrons. The van der Waals surface area contributed by atoms with Gasteiger partial charge in [-0.2, -0.15) is 0 Å². The van der Waals surface area contributed by atoms with Gasteiger partial charge in [-0.3, -0.25) is 9.69 Å². The number of aromatic nitrogens is 2. The summed E-state index contributed by atoms with van der Waals surface area (Å²) in [6.45, 7) is 7.95. The standard InChI is InChI=1S/C25H31N3O2/c1-3-28-22-13-9-8-12-21(22)26-23(28)19-27-16-14-25(15-17-27,24(29)30-4-2)18-20-10-6-5-7-11-20/h5-13H,3-4,14-19H2,1-2H3. The number of carbonyl (C=O) groups excluding carboxylic acids is 1. The Kier molecular flexibility index (Phi) is 6.18. The number of benzene rings is 2. The second kappa shape index (κ2) is 9.00. The molecule has 2 heterocycles. The number of likely N-dealkylation sites (tertiary alicyclic amines) is 1. The fourth-order valence-corrected chi connectivity index (χ4v) is 4.66. The molecule has 1 aromatic heterocycles. The first-order valence-corrected chi connectivity index (χ1v) is 11.0. The molecule has 0 N–H and O–H groups in total. The lowest BCUT2D eigenvalue weighted by atomic mass is 9.73. The second-order valence-corrected chi connectivity index (χ2v) is 8.20. The highest BCUT2D eigenvalue weighted by atomic mass is 16.5. The van der Waals surface area contributed by atoms with Gasteiger partial charge in [0.25, 0.3) is 0 Å². The highest BCUT2D eigenvalue weighted by Gasteiger charge is 2.42. The summed E-state index contributed by atoms with van der Waals surface area (Å²) in [6.07, 6.45) is 2.37. The summed E-state index contributed by atoms with van der Waals surface area (Å²) < 4.78 is 7.81. The van der Waals surface area contributed by atoms with Gasteiger partial charge in [0, 0.05) is 6.54 Å². The third-order valence-electron chi connectivity index (χ3n) is 6.32. The van der Waals surface area contributed by atoms with Crippen LogP contribution in [0.3, 0.4) is 0 Å². The van der Waals surface area contributed by atoms with Crippen molar-refractivity contribution in [2.45, 2.75) is 46.2 Å². The summed E-state index contributed by atoms with van der Waals surface area (Å²) in [4.78, 5) is 20.3. The van der Waals surface area contributed by atoms with Crippen LogP contribution in [0.5, 0.6) is 0 Å². The van der Waals surface area contributed by atoms with E-state index in [0.717, 1.165) is 56.8 Å². The van der Waals surface area contributed by atoms with Crippen molar-refractivity contribution in [3.05, 3.63) is 66.0 Å². The van der Waals surface area contributed by atoms with E-state index in [1.54, 1.807) is 0 Å². The van der Waals surface area contributed by atoms with Crippen LogP contribution in [-0.2, 0) is 29.0 Å². The Balaban J connectivity index is 1.50. The summed E-state index contributed by atoms with van der Waals surface area (Å²) in [5, 5.41) is 0. The van der Waals surface area contributed by atoms with Crippen LogP contribution in [0.1, 0.15) is 38.1 Å². The minimum Gasteiger partial charge on any atom is -0.466 e. The number of rotatable bonds is 7. The third kappa shape index (κ3) is 4.12. The maximum Gasteiger partial charge on any atom is 0.312 e. The first-order valence-electron chi connectivity index (χ1n) is 11.0. The fourth-order valence-electron chi connectivity index (χ4n) is 4.66. The van der Waals surface area contributed by atoms with E-state index in [0.29, 0.717) is 6.61 Å². The van der Waals surface area contributed by atoms with Gasteiger partial charge >= 0.3 is 5.97 Å². The molecule has 30 heavy (non-hydrogen) atoms. The van der Waals surface area contributed by atoms with E-state index < -0.39 is 5.41 Å². The lowest BCUT2D eigenvalue weighted by molar-refractivity contribution is -0.158. The van der Waals surface area contributed by atoms with Gasteiger partial charge in [0.05, 0.1) is 29.6 Å². The average Bonchev–Trinajstić information content (AvgIpc) is 3.13. The quantitative estimate of drug-likeness (QED) is 0.545. The van der Waals surface area contributed by atoms with Crippen LogP contribution in [0.15, 0.2) is 54.6 Å². The molecule has 2 aromatic carbocycles. The minimum atomic E-state index is -0.432. The maximum absolute atomic E-state index is 13.0. The van der Waals surface area contributed by atoms with E-state index in [1.165, 1.54) is 11.1 Å². The smallest absolute Gasteiger partial charge is 0.312 e. The van der Waals surface area contributed by atoms with Crippen molar-refractivity contribution in [1.29, 1.82) is 0 Å². The predicted octanol–water partition coefficient (Wildman–Crippen LogP) is 4.44. The summed E-state index contributed by atoms with van der Waals surface area (Å²) >= 11 is 0. The molecule has 0 atom stereocenters. The monoisotopic (exact) mass is 405 g/mol. The fraction of sp³-hybridized carbons (Fsp3) is 0.440. The maximum atomic E-state index is 13.0. The predicted molar refractivity (Wildman–Crippen MR) is 119 cm³/mol. The number of piperidine rings is 1. The zero-order valence-electron chi connectivity index (χ0n) is 18.0. The lowest BCUT2D eigenvalue weighted by Crippen LogP contribution is -2.46. The molecule has 1 aliphatic rings. The topological polar surface area (TPSA) is 47.4 Å². The SMILES string of the molecule is CCOC(=O)C1(Cc2ccccc2)CCN(Cc2nc3ccccc3n2CC)CC1. The van der Waals surface area contributed by atoms with Crippen LogP contribution in [0.2, 0.25) is 0 Å². The van der Waals surface area contributed by atoms with E-state index in [1.807, 2.05) is 31.2 Å². The molecule has 1 saturated heterocycles. The first-order chi connectivity index (χ1) is 14.6. The van der Waals surface area contributed by atoms with Crippen molar-refractivity contribution >= 4 is 17.0 Å². The molecule has 5 nitrogen and oxygen atoms in total. The van der Waals surface area contributed by atoms with Gasteiger partial charge in [-0.1, -0.05) is 42.5 Å². The number of aryl methyl sites for hydroxylation is 1. The van der Waals surface area contributed by atoms with Gasteiger partial charge in [-0.25, -0.2) is 4.98 Å². The number of carbonyl (C=O) groups is 1. The molecule has 0 aliphatic carbocycles. The normalized spacial score (nSPS) is 16.6. The van der Waals surface area contributed by atoms with Crippen molar-refractivity contribution in [3.8, 4) is 0 Å². The Morgan fingerprint density at radius 3 is 2.43 bits per heavy atom. The van der Waals surface area contributed by atoms with E-state index in [9.17, 15) is 4.79 Å². The molecule has 5 heteroatoms. The lowest BCUT2D eigenvalue weighted by Gasteiger charge is -2.40. The Bertz CT molecular complexity index is 988. The van der Waals surface area contributed by atoms with Crippen molar-refractivity contribution in [2.24, 2.45) is 5.41 Å². The highest BCUT2D eigenvalue weighted by Crippen LogP contribution is 2.37. The summed E-state index contributed by atoms with van der Waals surface area (Å²) in [5.74, 6) is 1.06. The van der Waals surface area contributed by atoms with Crippen LogP contribution in [0.25, 0.3) is 11.0 Å². The van der Waals surface area contributed by atoms with Gasteiger partial charge in [-0.15, -0.1) is 0 Å². The summed E-state index contributed by atoms with van der Waals surface area (Å²) in [7, 11) is 0. The molecule has 4 rings (SSSR count). The molecule has 0 saturated carbocycles.